The maximum atomic E-state index is 12.5. The summed E-state index contributed by atoms with van der Waals surface area (Å²) < 4.78 is 1.49. The molecule has 2 aromatic heterocycles. The molecule has 3 rings (SSSR count). The Morgan fingerprint density at radius 2 is 1.96 bits per heavy atom. The first-order valence-corrected chi connectivity index (χ1v) is 7.82. The van der Waals surface area contributed by atoms with Crippen molar-refractivity contribution in [3.63, 3.8) is 0 Å². The standard InChI is InChI=1S/C18H18N4O2/c1-3-10-20-17(23)13-8-6-12(7-9-13)15-18(24)22(2)16-14(21-15)5-4-11-19-16/h4-9,11H,3,10H2,1-2H3,(H,20,23). The number of nitrogens with one attached hydrogen (secondary N) is 1. The highest BCUT2D eigenvalue weighted by atomic mass is 16.1. The van der Waals surface area contributed by atoms with Gasteiger partial charge in [-0.05, 0) is 30.7 Å². The summed E-state index contributed by atoms with van der Waals surface area (Å²) in [4.78, 5) is 33.1. The van der Waals surface area contributed by atoms with Gasteiger partial charge < -0.3 is 5.32 Å². The second kappa shape index (κ2) is 6.62. The number of pyridine rings is 1. The quantitative estimate of drug-likeness (QED) is 0.798. The van der Waals surface area contributed by atoms with Gasteiger partial charge in [0.25, 0.3) is 11.5 Å². The number of amides is 1. The van der Waals surface area contributed by atoms with E-state index in [4.69, 9.17) is 0 Å². The number of hydrogen-bond donors (Lipinski definition) is 1. The Bertz CT molecular complexity index is 945. The number of rotatable bonds is 4. The number of aryl methyl sites for hydroxylation is 1. The fourth-order valence-corrected chi connectivity index (χ4v) is 2.47. The second-order valence-electron chi connectivity index (χ2n) is 5.50. The number of benzene rings is 1. The summed E-state index contributed by atoms with van der Waals surface area (Å²) in [6.45, 7) is 2.64. The molecular formula is C18H18N4O2. The maximum Gasteiger partial charge on any atom is 0.278 e. The van der Waals surface area contributed by atoms with Gasteiger partial charge in [0.05, 0.1) is 0 Å². The second-order valence-corrected chi connectivity index (χ2v) is 5.50. The minimum atomic E-state index is -0.218. The summed E-state index contributed by atoms with van der Waals surface area (Å²) in [6, 6.07) is 10.5. The van der Waals surface area contributed by atoms with Crippen LogP contribution in [0.3, 0.4) is 0 Å². The molecule has 0 aliphatic carbocycles. The average Bonchev–Trinajstić information content (AvgIpc) is 2.63. The molecule has 0 spiro atoms. The third-order valence-corrected chi connectivity index (χ3v) is 3.78. The van der Waals surface area contributed by atoms with Crippen LogP contribution in [0.15, 0.2) is 47.4 Å². The van der Waals surface area contributed by atoms with Gasteiger partial charge in [-0.25, -0.2) is 9.97 Å². The molecule has 1 N–H and O–H groups in total. The molecule has 2 heterocycles. The average molecular weight is 322 g/mol. The smallest absolute Gasteiger partial charge is 0.278 e. The highest BCUT2D eigenvalue weighted by Gasteiger charge is 2.12. The summed E-state index contributed by atoms with van der Waals surface area (Å²) in [5.41, 5.74) is 2.56. The van der Waals surface area contributed by atoms with Crippen molar-refractivity contribution in [1.82, 2.24) is 19.9 Å². The van der Waals surface area contributed by atoms with Gasteiger partial charge in [0.15, 0.2) is 5.65 Å². The lowest BCUT2D eigenvalue weighted by Gasteiger charge is -2.08. The number of carbonyl (C=O) groups excluding carboxylic acids is 1. The molecule has 0 saturated heterocycles. The first kappa shape index (κ1) is 15.9. The van der Waals surface area contributed by atoms with Crippen LogP contribution in [-0.2, 0) is 7.05 Å². The molecule has 1 aromatic carbocycles. The Hall–Kier alpha value is -3.02. The third-order valence-electron chi connectivity index (χ3n) is 3.78. The summed E-state index contributed by atoms with van der Waals surface area (Å²) in [5.74, 6) is -0.119. The molecule has 3 aromatic rings. The summed E-state index contributed by atoms with van der Waals surface area (Å²) in [5, 5.41) is 2.82. The van der Waals surface area contributed by atoms with E-state index >= 15 is 0 Å². The van der Waals surface area contributed by atoms with Crippen molar-refractivity contribution in [2.75, 3.05) is 6.54 Å². The molecule has 0 fully saturated rings. The lowest BCUT2D eigenvalue weighted by atomic mass is 10.1. The molecule has 122 valence electrons. The van der Waals surface area contributed by atoms with Crippen LogP contribution in [0.2, 0.25) is 0 Å². The zero-order valence-corrected chi connectivity index (χ0v) is 13.6. The molecule has 0 unspecified atom stereocenters. The zero-order valence-electron chi connectivity index (χ0n) is 13.6. The van der Waals surface area contributed by atoms with Crippen LogP contribution in [0.1, 0.15) is 23.7 Å². The summed E-state index contributed by atoms with van der Waals surface area (Å²) >= 11 is 0. The first-order valence-electron chi connectivity index (χ1n) is 7.82. The van der Waals surface area contributed by atoms with Crippen LogP contribution in [-0.4, -0.2) is 27.0 Å². The topological polar surface area (TPSA) is 76.9 Å². The van der Waals surface area contributed by atoms with Gasteiger partial charge in [0, 0.05) is 30.9 Å². The van der Waals surface area contributed by atoms with E-state index < -0.39 is 0 Å². The Morgan fingerprint density at radius 1 is 1.21 bits per heavy atom. The summed E-state index contributed by atoms with van der Waals surface area (Å²) in [7, 11) is 1.68. The van der Waals surface area contributed by atoms with E-state index in [9.17, 15) is 9.59 Å². The molecule has 0 bridgehead atoms. The minimum Gasteiger partial charge on any atom is -0.352 e. The van der Waals surface area contributed by atoms with Crippen molar-refractivity contribution in [1.29, 1.82) is 0 Å². The van der Waals surface area contributed by atoms with E-state index in [0.29, 0.717) is 34.5 Å². The number of nitrogens with zero attached hydrogens (tertiary/aromatic N) is 3. The molecular weight excluding hydrogens is 304 g/mol. The first-order chi connectivity index (χ1) is 11.6. The van der Waals surface area contributed by atoms with E-state index in [1.54, 1.807) is 43.6 Å². The molecule has 0 aliphatic rings. The van der Waals surface area contributed by atoms with E-state index in [1.165, 1.54) is 4.57 Å². The Morgan fingerprint density at radius 3 is 2.67 bits per heavy atom. The van der Waals surface area contributed by atoms with Crippen molar-refractivity contribution >= 4 is 17.1 Å². The fraction of sp³-hybridized carbons (Fsp3) is 0.222. The molecule has 0 atom stereocenters. The Kier molecular flexibility index (Phi) is 4.37. The predicted molar refractivity (Wildman–Crippen MR) is 92.8 cm³/mol. The molecule has 24 heavy (non-hydrogen) atoms. The third kappa shape index (κ3) is 2.90. The van der Waals surface area contributed by atoms with Gasteiger partial charge in [0.1, 0.15) is 11.2 Å². The van der Waals surface area contributed by atoms with Crippen LogP contribution >= 0.6 is 0 Å². The minimum absolute atomic E-state index is 0.119. The molecule has 1 amide bonds. The van der Waals surface area contributed by atoms with Gasteiger partial charge >= 0.3 is 0 Å². The van der Waals surface area contributed by atoms with Crippen molar-refractivity contribution in [3.8, 4) is 11.3 Å². The van der Waals surface area contributed by atoms with Gasteiger partial charge in [-0.3, -0.25) is 14.2 Å². The molecule has 0 saturated carbocycles. The van der Waals surface area contributed by atoms with E-state index in [2.05, 4.69) is 15.3 Å². The normalized spacial score (nSPS) is 10.8. The largest absolute Gasteiger partial charge is 0.352 e. The zero-order chi connectivity index (χ0) is 17.1. The van der Waals surface area contributed by atoms with Crippen molar-refractivity contribution in [3.05, 3.63) is 58.5 Å². The van der Waals surface area contributed by atoms with Crippen LogP contribution < -0.4 is 10.9 Å². The lowest BCUT2D eigenvalue weighted by Crippen LogP contribution is -2.24. The van der Waals surface area contributed by atoms with Crippen molar-refractivity contribution in [2.45, 2.75) is 13.3 Å². The van der Waals surface area contributed by atoms with Gasteiger partial charge in [-0.15, -0.1) is 0 Å². The van der Waals surface area contributed by atoms with Crippen molar-refractivity contribution < 1.29 is 4.79 Å². The monoisotopic (exact) mass is 322 g/mol. The number of carbonyl (C=O) groups is 1. The van der Waals surface area contributed by atoms with Crippen LogP contribution in [0, 0.1) is 0 Å². The SMILES string of the molecule is CCCNC(=O)c1ccc(-c2nc3cccnc3n(C)c2=O)cc1. The number of fused-ring (bicyclic) bond motifs is 1. The van der Waals surface area contributed by atoms with E-state index in [1.807, 2.05) is 13.0 Å². The number of hydrogen-bond acceptors (Lipinski definition) is 4. The molecule has 6 nitrogen and oxygen atoms in total. The highest BCUT2D eigenvalue weighted by molar-refractivity contribution is 5.94. The van der Waals surface area contributed by atoms with Crippen LogP contribution in [0.5, 0.6) is 0 Å². The fourth-order valence-electron chi connectivity index (χ4n) is 2.47. The van der Waals surface area contributed by atoms with E-state index in [0.717, 1.165) is 6.42 Å². The Balaban J connectivity index is 2.00. The predicted octanol–water partition coefficient (Wildman–Crippen LogP) is 2.14. The maximum absolute atomic E-state index is 12.5. The van der Waals surface area contributed by atoms with Crippen LogP contribution in [0.25, 0.3) is 22.4 Å². The van der Waals surface area contributed by atoms with Gasteiger partial charge in [-0.1, -0.05) is 19.1 Å². The number of aromatic nitrogens is 3. The van der Waals surface area contributed by atoms with Gasteiger partial charge in [0.2, 0.25) is 0 Å². The molecule has 0 radical (unpaired) electrons. The van der Waals surface area contributed by atoms with Gasteiger partial charge in [-0.2, -0.15) is 0 Å². The highest BCUT2D eigenvalue weighted by Crippen LogP contribution is 2.17. The van der Waals surface area contributed by atoms with Crippen LogP contribution in [0.4, 0.5) is 0 Å². The molecule has 6 heteroatoms. The van der Waals surface area contributed by atoms with E-state index in [-0.39, 0.29) is 11.5 Å². The molecule has 0 aliphatic heterocycles. The lowest BCUT2D eigenvalue weighted by molar-refractivity contribution is 0.0953. The summed E-state index contributed by atoms with van der Waals surface area (Å²) in [6.07, 6.45) is 2.52. The van der Waals surface area contributed by atoms with Crippen molar-refractivity contribution in [2.24, 2.45) is 7.05 Å². The Labute approximate surface area is 139 Å².